The molecule has 0 radical (unpaired) electrons. The Balaban J connectivity index is 1.37. The Labute approximate surface area is 244 Å². The number of carbonyl (C=O) groups is 1. The third-order valence-electron chi connectivity index (χ3n) is 10.1. The Morgan fingerprint density at radius 2 is 1.88 bits per heavy atom. The van der Waals surface area contributed by atoms with Crippen LogP contribution in [0.3, 0.4) is 0 Å². The number of anilines is 1. The quantitative estimate of drug-likeness (QED) is 0.375. The molecule has 2 aromatic carbocycles. The number of nitrogens with one attached hydrogen (secondary N) is 1. The van der Waals surface area contributed by atoms with Crippen LogP contribution in [0.25, 0.3) is 0 Å². The molecular weight excluding hydrogens is 510 g/mol. The van der Waals surface area contributed by atoms with E-state index >= 15 is 0 Å². The van der Waals surface area contributed by atoms with E-state index < -0.39 is 6.04 Å². The highest BCUT2D eigenvalue weighted by molar-refractivity contribution is 5.94. The summed E-state index contributed by atoms with van der Waals surface area (Å²) < 4.78 is 5.73. The highest BCUT2D eigenvalue weighted by Crippen LogP contribution is 2.57. The molecule has 0 aromatic heterocycles. The molecule has 6 nitrogen and oxygen atoms in total. The monoisotopic (exact) mass is 551 g/mol. The van der Waals surface area contributed by atoms with E-state index in [-0.39, 0.29) is 30.7 Å². The summed E-state index contributed by atoms with van der Waals surface area (Å²) in [6.45, 7) is 2.33. The van der Waals surface area contributed by atoms with Crippen molar-refractivity contribution in [1.29, 1.82) is 5.26 Å². The van der Waals surface area contributed by atoms with Crippen molar-refractivity contribution in [2.75, 3.05) is 18.5 Å². The molecule has 0 spiro atoms. The van der Waals surface area contributed by atoms with E-state index in [4.69, 9.17) is 11.2 Å². The van der Waals surface area contributed by atoms with Crippen molar-refractivity contribution in [2.45, 2.75) is 88.8 Å². The largest absolute Gasteiger partial charge is 0.491 e. The standard InChI is InChI=1S/C35H41N3O3/c1-3-5-6-29-17-27-18-30(41-12-11-39)8-9-31(27)34(38(29)33(40)4-2)26-7-10-32(28(16-26)22-36)37-35-19-23-13-24(20-35)15-25(14-23)21-35/h2,7-10,16,18,23-25,29,34,37,39H,3,5-6,11-15,17,19-21H2,1H3/t23?,24?,25?,29-,34+,35?/m0/s1. The maximum atomic E-state index is 13.3. The molecule has 4 saturated carbocycles. The zero-order valence-electron chi connectivity index (χ0n) is 24.1. The van der Waals surface area contributed by atoms with Gasteiger partial charge in [-0.25, -0.2) is 0 Å². The van der Waals surface area contributed by atoms with Gasteiger partial charge >= 0.3 is 0 Å². The molecule has 41 heavy (non-hydrogen) atoms. The molecule has 7 rings (SSSR count). The number of nitriles is 1. The summed E-state index contributed by atoms with van der Waals surface area (Å²) in [5.41, 5.74) is 4.63. The lowest BCUT2D eigenvalue weighted by Crippen LogP contribution is -2.54. The number of hydrogen-bond acceptors (Lipinski definition) is 5. The van der Waals surface area contributed by atoms with Crippen molar-refractivity contribution < 1.29 is 14.6 Å². The smallest absolute Gasteiger partial charge is 0.299 e. The Morgan fingerprint density at radius 3 is 2.51 bits per heavy atom. The van der Waals surface area contributed by atoms with Crippen LogP contribution in [-0.4, -0.2) is 40.7 Å². The van der Waals surface area contributed by atoms with Crippen molar-refractivity contribution in [2.24, 2.45) is 17.8 Å². The molecule has 4 aliphatic carbocycles. The van der Waals surface area contributed by atoms with Crippen LogP contribution in [0, 0.1) is 41.4 Å². The van der Waals surface area contributed by atoms with Crippen LogP contribution in [0.5, 0.6) is 5.75 Å². The van der Waals surface area contributed by atoms with Gasteiger partial charge in [0, 0.05) is 11.6 Å². The van der Waals surface area contributed by atoms with E-state index in [1.807, 2.05) is 29.2 Å². The van der Waals surface area contributed by atoms with Crippen molar-refractivity contribution in [3.8, 4) is 24.2 Å². The number of ether oxygens (including phenoxy) is 1. The van der Waals surface area contributed by atoms with Gasteiger partial charge in [0.15, 0.2) is 0 Å². The lowest BCUT2D eigenvalue weighted by molar-refractivity contribution is -0.130. The fourth-order valence-electron chi connectivity index (χ4n) is 8.85. The van der Waals surface area contributed by atoms with Gasteiger partial charge in [-0.05, 0) is 116 Å². The molecule has 4 fully saturated rings. The summed E-state index contributed by atoms with van der Waals surface area (Å²) in [6.07, 6.45) is 17.0. The van der Waals surface area contributed by atoms with Gasteiger partial charge in [0.1, 0.15) is 18.4 Å². The van der Waals surface area contributed by atoms with Gasteiger partial charge in [0.2, 0.25) is 0 Å². The fourth-order valence-corrected chi connectivity index (χ4v) is 8.85. The lowest BCUT2D eigenvalue weighted by atomic mass is 9.53. The minimum absolute atomic E-state index is 0.0517. The minimum Gasteiger partial charge on any atom is -0.491 e. The average molecular weight is 552 g/mol. The first kappa shape index (κ1) is 27.7. The lowest BCUT2D eigenvalue weighted by Gasteiger charge is -2.57. The maximum absolute atomic E-state index is 13.3. The SMILES string of the molecule is C#CC(=O)N1[C@@H](CCCC)Cc2cc(OCCO)ccc2[C@H]1c1ccc(NC23CC4CC(CC(C4)C2)C3)c(C#N)c1. The zero-order valence-corrected chi connectivity index (χ0v) is 24.1. The Bertz CT molecular complexity index is 1350. The van der Waals surface area contributed by atoms with Crippen LogP contribution in [0.1, 0.15) is 93.0 Å². The second kappa shape index (κ2) is 11.4. The summed E-state index contributed by atoms with van der Waals surface area (Å²) in [7, 11) is 0. The normalized spacial score (nSPS) is 29.4. The van der Waals surface area contributed by atoms with Crippen molar-refractivity contribution in [1.82, 2.24) is 4.90 Å². The van der Waals surface area contributed by atoms with Gasteiger partial charge in [-0.2, -0.15) is 5.26 Å². The zero-order chi connectivity index (χ0) is 28.6. The third-order valence-corrected chi connectivity index (χ3v) is 10.1. The van der Waals surface area contributed by atoms with Crippen LogP contribution in [0.2, 0.25) is 0 Å². The molecule has 0 saturated heterocycles. The number of aliphatic hydroxyl groups excluding tert-OH is 1. The third kappa shape index (κ3) is 5.31. The van der Waals surface area contributed by atoms with Crippen LogP contribution < -0.4 is 10.1 Å². The van der Waals surface area contributed by atoms with Gasteiger partial charge in [-0.3, -0.25) is 4.79 Å². The number of hydrogen-bond donors (Lipinski definition) is 2. The van der Waals surface area contributed by atoms with Crippen LogP contribution >= 0.6 is 0 Å². The summed E-state index contributed by atoms with van der Waals surface area (Å²) in [5, 5.41) is 23.4. The molecular formula is C35H41N3O3. The predicted molar refractivity (Wildman–Crippen MR) is 159 cm³/mol. The van der Waals surface area contributed by atoms with E-state index in [0.717, 1.165) is 59.4 Å². The highest BCUT2D eigenvalue weighted by Gasteiger charge is 2.51. The predicted octanol–water partition coefficient (Wildman–Crippen LogP) is 5.98. The second-order valence-electron chi connectivity index (χ2n) is 12.9. The first-order valence-corrected chi connectivity index (χ1v) is 15.4. The van der Waals surface area contributed by atoms with E-state index in [1.54, 1.807) is 0 Å². The van der Waals surface area contributed by atoms with Gasteiger partial charge in [0.05, 0.1) is 23.9 Å². The van der Waals surface area contributed by atoms with Crippen LogP contribution in [-0.2, 0) is 11.2 Å². The molecule has 2 aromatic rings. The first-order valence-electron chi connectivity index (χ1n) is 15.4. The summed E-state index contributed by atoms with van der Waals surface area (Å²) in [6, 6.07) is 14.0. The van der Waals surface area contributed by atoms with Crippen molar-refractivity contribution in [3.63, 3.8) is 0 Å². The number of unbranched alkanes of at least 4 members (excludes halogenated alkanes) is 1. The van der Waals surface area contributed by atoms with Gasteiger partial charge < -0.3 is 20.1 Å². The molecule has 1 aliphatic heterocycles. The number of carbonyl (C=O) groups excluding carboxylic acids is 1. The Hall–Kier alpha value is -3.48. The van der Waals surface area contributed by atoms with Crippen LogP contribution in [0.15, 0.2) is 36.4 Å². The van der Waals surface area contributed by atoms with Gasteiger partial charge in [0.25, 0.3) is 5.91 Å². The van der Waals surface area contributed by atoms with E-state index in [2.05, 4.69) is 36.4 Å². The Morgan fingerprint density at radius 1 is 1.15 bits per heavy atom. The maximum Gasteiger partial charge on any atom is 0.299 e. The van der Waals surface area contributed by atoms with Gasteiger partial charge in [-0.15, -0.1) is 6.42 Å². The number of rotatable bonds is 9. The van der Waals surface area contributed by atoms with E-state index in [1.165, 1.54) is 38.5 Å². The number of terminal acetylenes is 1. The number of aliphatic hydroxyl groups is 1. The number of amides is 1. The van der Waals surface area contributed by atoms with E-state index in [0.29, 0.717) is 17.7 Å². The molecule has 2 atom stereocenters. The Kier molecular flexibility index (Phi) is 7.71. The molecule has 2 N–H and O–H groups in total. The highest BCUT2D eigenvalue weighted by atomic mass is 16.5. The topological polar surface area (TPSA) is 85.6 Å². The molecule has 5 aliphatic rings. The number of nitrogens with zero attached hydrogens (tertiary/aromatic N) is 2. The summed E-state index contributed by atoms with van der Waals surface area (Å²) in [5.74, 6) is 5.21. The van der Waals surface area contributed by atoms with Crippen LogP contribution in [0.4, 0.5) is 5.69 Å². The van der Waals surface area contributed by atoms with E-state index in [9.17, 15) is 15.2 Å². The molecule has 6 heteroatoms. The summed E-state index contributed by atoms with van der Waals surface area (Å²) >= 11 is 0. The average Bonchev–Trinajstić information content (AvgIpc) is 2.97. The summed E-state index contributed by atoms with van der Waals surface area (Å²) in [4.78, 5) is 15.2. The number of fused-ring (bicyclic) bond motifs is 1. The molecule has 1 heterocycles. The van der Waals surface area contributed by atoms with Crippen molar-refractivity contribution in [3.05, 3.63) is 58.7 Å². The minimum atomic E-state index is -0.392. The number of benzene rings is 2. The second-order valence-corrected chi connectivity index (χ2v) is 12.9. The molecule has 0 unspecified atom stereocenters. The molecule has 214 valence electrons. The van der Waals surface area contributed by atoms with Crippen molar-refractivity contribution >= 4 is 11.6 Å². The first-order chi connectivity index (χ1) is 20.0. The molecule has 4 bridgehead atoms. The van der Waals surface area contributed by atoms with Gasteiger partial charge in [-0.1, -0.05) is 31.9 Å². The fraction of sp³-hybridized carbons (Fsp3) is 0.543. The molecule has 1 amide bonds.